The number of hydrogen-bond donors (Lipinski definition) is 0. The normalized spacial score (nSPS) is 9.18. The molecule has 0 bridgehead atoms. The molecule has 58 valence electrons. The molecule has 1 rings (SSSR count). The number of rotatable bonds is 2. The molecule has 0 aliphatic carbocycles. The summed E-state index contributed by atoms with van der Waals surface area (Å²) in [6, 6.07) is 0. The summed E-state index contributed by atoms with van der Waals surface area (Å²) in [5, 5.41) is 0. The second-order valence-corrected chi connectivity index (χ2v) is 1.85. The zero-order valence-corrected chi connectivity index (χ0v) is 5.87. The summed E-state index contributed by atoms with van der Waals surface area (Å²) in [7, 11) is 1.24. The first-order valence-corrected chi connectivity index (χ1v) is 2.89. The SMILES string of the molecule is COC(=O)c1cocc1C=O. The van der Waals surface area contributed by atoms with Crippen molar-refractivity contribution in [2.45, 2.75) is 0 Å². The lowest BCUT2D eigenvalue weighted by atomic mass is 10.2. The van der Waals surface area contributed by atoms with Crippen molar-refractivity contribution < 1.29 is 18.7 Å². The van der Waals surface area contributed by atoms with Crippen molar-refractivity contribution in [2.75, 3.05) is 7.11 Å². The van der Waals surface area contributed by atoms with Gasteiger partial charge in [0.1, 0.15) is 18.1 Å². The summed E-state index contributed by atoms with van der Waals surface area (Å²) in [5.74, 6) is -0.569. The second-order valence-electron chi connectivity index (χ2n) is 1.85. The lowest BCUT2D eigenvalue weighted by Crippen LogP contribution is -2.01. The smallest absolute Gasteiger partial charge is 0.341 e. The third-order valence-electron chi connectivity index (χ3n) is 1.22. The Balaban J connectivity index is 3.01. The minimum atomic E-state index is -0.569. The van der Waals surface area contributed by atoms with E-state index in [9.17, 15) is 9.59 Å². The fourth-order valence-corrected chi connectivity index (χ4v) is 0.674. The topological polar surface area (TPSA) is 56.5 Å². The molecule has 0 saturated carbocycles. The average molecular weight is 154 g/mol. The first-order chi connectivity index (χ1) is 5.29. The molecule has 0 saturated heterocycles. The molecular formula is C7H6O4. The van der Waals surface area contributed by atoms with Gasteiger partial charge < -0.3 is 9.15 Å². The van der Waals surface area contributed by atoms with Crippen molar-refractivity contribution in [3.05, 3.63) is 23.7 Å². The van der Waals surface area contributed by atoms with Crippen LogP contribution < -0.4 is 0 Å². The average Bonchev–Trinajstić information content (AvgIpc) is 2.50. The summed E-state index contributed by atoms with van der Waals surface area (Å²) in [6.45, 7) is 0. The maximum Gasteiger partial charge on any atom is 0.341 e. The van der Waals surface area contributed by atoms with Gasteiger partial charge in [0.2, 0.25) is 0 Å². The molecule has 11 heavy (non-hydrogen) atoms. The van der Waals surface area contributed by atoms with E-state index in [1.54, 1.807) is 0 Å². The summed E-state index contributed by atoms with van der Waals surface area (Å²) >= 11 is 0. The summed E-state index contributed by atoms with van der Waals surface area (Å²) in [6.07, 6.45) is 2.91. The number of hydrogen-bond acceptors (Lipinski definition) is 4. The third kappa shape index (κ3) is 1.29. The Morgan fingerprint density at radius 1 is 1.64 bits per heavy atom. The Morgan fingerprint density at radius 2 is 2.36 bits per heavy atom. The quantitative estimate of drug-likeness (QED) is 0.468. The standard InChI is InChI=1S/C7H6O4/c1-10-7(9)6-4-11-3-5(6)2-8/h2-4H,1H3. The van der Waals surface area contributed by atoms with Gasteiger partial charge in [-0.15, -0.1) is 0 Å². The van der Waals surface area contributed by atoms with Gasteiger partial charge in [-0.25, -0.2) is 4.79 Å². The lowest BCUT2D eigenvalue weighted by molar-refractivity contribution is 0.0598. The zero-order chi connectivity index (χ0) is 8.27. The minimum Gasteiger partial charge on any atom is -0.471 e. The highest BCUT2D eigenvalue weighted by atomic mass is 16.5. The second kappa shape index (κ2) is 3.01. The maximum absolute atomic E-state index is 10.8. The van der Waals surface area contributed by atoms with E-state index < -0.39 is 5.97 Å². The molecule has 1 heterocycles. The molecule has 4 heteroatoms. The number of methoxy groups -OCH3 is 1. The highest BCUT2D eigenvalue weighted by Crippen LogP contribution is 2.08. The number of carbonyl (C=O) groups excluding carboxylic acids is 2. The fourth-order valence-electron chi connectivity index (χ4n) is 0.674. The highest BCUT2D eigenvalue weighted by Gasteiger charge is 2.12. The van der Waals surface area contributed by atoms with Crippen molar-refractivity contribution in [1.82, 2.24) is 0 Å². The maximum atomic E-state index is 10.8. The first kappa shape index (κ1) is 7.53. The molecule has 0 N–H and O–H groups in total. The van der Waals surface area contributed by atoms with Crippen molar-refractivity contribution in [2.24, 2.45) is 0 Å². The largest absolute Gasteiger partial charge is 0.471 e. The van der Waals surface area contributed by atoms with Crippen molar-refractivity contribution in [3.8, 4) is 0 Å². The zero-order valence-electron chi connectivity index (χ0n) is 5.87. The molecule has 1 aromatic heterocycles. The number of esters is 1. The van der Waals surface area contributed by atoms with Crippen molar-refractivity contribution in [1.29, 1.82) is 0 Å². The van der Waals surface area contributed by atoms with Gasteiger partial charge in [-0.1, -0.05) is 0 Å². The molecule has 0 aromatic carbocycles. The first-order valence-electron chi connectivity index (χ1n) is 2.89. The van der Waals surface area contributed by atoms with Gasteiger partial charge in [0.05, 0.1) is 12.7 Å². The Kier molecular flexibility index (Phi) is 2.06. The molecule has 0 spiro atoms. The van der Waals surface area contributed by atoms with E-state index in [1.807, 2.05) is 0 Å². The van der Waals surface area contributed by atoms with Crippen molar-refractivity contribution >= 4 is 12.3 Å². The number of carbonyl (C=O) groups is 2. The summed E-state index contributed by atoms with van der Waals surface area (Å²) in [5.41, 5.74) is 0.361. The molecule has 0 atom stereocenters. The van der Waals surface area contributed by atoms with Crippen LogP contribution in [0.25, 0.3) is 0 Å². The van der Waals surface area contributed by atoms with E-state index in [4.69, 9.17) is 0 Å². The van der Waals surface area contributed by atoms with Gasteiger partial charge in [0.15, 0.2) is 6.29 Å². The Bertz CT molecular complexity index is 274. The molecule has 0 radical (unpaired) electrons. The Morgan fingerprint density at radius 3 is 2.91 bits per heavy atom. The lowest BCUT2D eigenvalue weighted by Gasteiger charge is -1.92. The van der Waals surface area contributed by atoms with Gasteiger partial charge in [-0.05, 0) is 0 Å². The van der Waals surface area contributed by atoms with E-state index in [2.05, 4.69) is 9.15 Å². The van der Waals surface area contributed by atoms with Crippen LogP contribution in [0.3, 0.4) is 0 Å². The summed E-state index contributed by atoms with van der Waals surface area (Å²) in [4.78, 5) is 21.1. The van der Waals surface area contributed by atoms with E-state index in [0.717, 1.165) is 0 Å². The summed E-state index contributed by atoms with van der Waals surface area (Å²) < 4.78 is 9.01. The van der Waals surface area contributed by atoms with E-state index >= 15 is 0 Å². The van der Waals surface area contributed by atoms with Gasteiger partial charge in [0, 0.05) is 0 Å². The van der Waals surface area contributed by atoms with Crippen LogP contribution in [-0.4, -0.2) is 19.4 Å². The predicted octanol–water partition coefficient (Wildman–Crippen LogP) is 0.879. The van der Waals surface area contributed by atoms with E-state index in [1.165, 1.54) is 19.6 Å². The van der Waals surface area contributed by atoms with E-state index in [-0.39, 0.29) is 11.1 Å². The van der Waals surface area contributed by atoms with Crippen LogP contribution in [0.1, 0.15) is 20.7 Å². The van der Waals surface area contributed by atoms with Crippen molar-refractivity contribution in [3.63, 3.8) is 0 Å². The van der Waals surface area contributed by atoms with Gasteiger partial charge in [0.25, 0.3) is 0 Å². The molecule has 0 aliphatic heterocycles. The highest BCUT2D eigenvalue weighted by molar-refractivity contribution is 5.97. The predicted molar refractivity (Wildman–Crippen MR) is 35.4 cm³/mol. The van der Waals surface area contributed by atoms with Crippen LogP contribution in [0.5, 0.6) is 0 Å². The molecule has 0 fully saturated rings. The van der Waals surface area contributed by atoms with Crippen LogP contribution >= 0.6 is 0 Å². The van der Waals surface area contributed by atoms with Crippen LogP contribution in [0.4, 0.5) is 0 Å². The van der Waals surface area contributed by atoms with Gasteiger partial charge in [-0.3, -0.25) is 4.79 Å². The van der Waals surface area contributed by atoms with Crippen LogP contribution in [0, 0.1) is 0 Å². The minimum absolute atomic E-state index is 0.155. The third-order valence-corrected chi connectivity index (χ3v) is 1.22. The molecule has 4 nitrogen and oxygen atoms in total. The fraction of sp³-hybridized carbons (Fsp3) is 0.143. The molecule has 0 amide bonds. The number of ether oxygens (including phenoxy) is 1. The van der Waals surface area contributed by atoms with Gasteiger partial charge >= 0.3 is 5.97 Å². The molecule has 0 aliphatic rings. The van der Waals surface area contributed by atoms with Crippen LogP contribution in [-0.2, 0) is 4.74 Å². The van der Waals surface area contributed by atoms with Crippen LogP contribution in [0.15, 0.2) is 16.9 Å². The molecule has 1 aromatic rings. The van der Waals surface area contributed by atoms with Crippen LogP contribution in [0.2, 0.25) is 0 Å². The Hall–Kier alpha value is -1.58. The molecular weight excluding hydrogens is 148 g/mol. The molecule has 0 unspecified atom stereocenters. The Labute approximate surface area is 62.8 Å². The number of aldehydes is 1. The monoisotopic (exact) mass is 154 g/mol. The number of furan rings is 1. The van der Waals surface area contributed by atoms with Gasteiger partial charge in [-0.2, -0.15) is 0 Å². The van der Waals surface area contributed by atoms with E-state index in [0.29, 0.717) is 6.29 Å².